The Hall–Kier alpha value is -1.95. The van der Waals surface area contributed by atoms with E-state index in [9.17, 15) is 10.1 Å². The van der Waals surface area contributed by atoms with Crippen LogP contribution in [0.2, 0.25) is 0 Å². The predicted octanol–water partition coefficient (Wildman–Crippen LogP) is 3.28. The van der Waals surface area contributed by atoms with E-state index in [-0.39, 0.29) is 11.5 Å². The highest BCUT2D eigenvalue weighted by molar-refractivity contribution is 7.14. The number of benzene rings is 1. The van der Waals surface area contributed by atoms with E-state index >= 15 is 0 Å². The number of thiazole rings is 1. The molecule has 0 amide bonds. The maximum Gasteiger partial charge on any atom is 0.233 e. The summed E-state index contributed by atoms with van der Waals surface area (Å²) in [5.41, 5.74) is 0.922. The van der Waals surface area contributed by atoms with Gasteiger partial charge in [0.05, 0.1) is 12.2 Å². The van der Waals surface area contributed by atoms with Gasteiger partial charge in [0, 0.05) is 29.7 Å². The molecule has 0 aliphatic heterocycles. The maximum absolute atomic E-state index is 10.8. The van der Waals surface area contributed by atoms with E-state index in [1.807, 2.05) is 35.7 Å². The summed E-state index contributed by atoms with van der Waals surface area (Å²) in [5, 5.41) is 16.5. The van der Waals surface area contributed by atoms with Crippen molar-refractivity contribution in [3.05, 3.63) is 45.8 Å². The van der Waals surface area contributed by atoms with E-state index in [0.29, 0.717) is 5.13 Å². The Labute approximate surface area is 115 Å². The molecular formula is C13H15N3O2S. The second-order valence-electron chi connectivity index (χ2n) is 4.83. The van der Waals surface area contributed by atoms with Crippen molar-refractivity contribution >= 4 is 16.5 Å². The van der Waals surface area contributed by atoms with Crippen LogP contribution in [0, 0.1) is 10.1 Å². The van der Waals surface area contributed by atoms with Crippen molar-refractivity contribution in [3.63, 3.8) is 0 Å². The van der Waals surface area contributed by atoms with E-state index in [4.69, 9.17) is 0 Å². The van der Waals surface area contributed by atoms with Crippen molar-refractivity contribution in [2.45, 2.75) is 19.4 Å². The largest absolute Gasteiger partial charge is 0.354 e. The van der Waals surface area contributed by atoms with Crippen LogP contribution in [0.25, 0.3) is 11.3 Å². The second kappa shape index (κ2) is 5.36. The molecule has 0 atom stereocenters. The smallest absolute Gasteiger partial charge is 0.233 e. The molecule has 0 bridgehead atoms. The standard InChI is InChI=1S/C13H15N3O2S/c1-13(2,16(17)18)9-14-12-15-11(8-19-12)10-6-4-3-5-7-10/h3-8H,9H2,1-2H3,(H,14,15). The molecule has 0 unspecified atom stereocenters. The van der Waals surface area contributed by atoms with Gasteiger partial charge in [-0.2, -0.15) is 0 Å². The highest BCUT2D eigenvalue weighted by Crippen LogP contribution is 2.25. The molecule has 1 N–H and O–H groups in total. The van der Waals surface area contributed by atoms with Gasteiger partial charge in [0.15, 0.2) is 5.13 Å². The number of hydrogen-bond acceptors (Lipinski definition) is 5. The van der Waals surface area contributed by atoms with Gasteiger partial charge in [-0.3, -0.25) is 10.1 Å². The Morgan fingerprint density at radius 3 is 2.68 bits per heavy atom. The van der Waals surface area contributed by atoms with Gasteiger partial charge < -0.3 is 5.32 Å². The lowest BCUT2D eigenvalue weighted by Crippen LogP contribution is -2.38. The fourth-order valence-electron chi connectivity index (χ4n) is 1.45. The number of nitrogens with zero attached hydrogens (tertiary/aromatic N) is 2. The summed E-state index contributed by atoms with van der Waals surface area (Å²) >= 11 is 1.45. The number of aromatic nitrogens is 1. The molecule has 0 saturated carbocycles. The van der Waals surface area contributed by atoms with Gasteiger partial charge >= 0.3 is 0 Å². The predicted molar refractivity (Wildman–Crippen MR) is 77.1 cm³/mol. The average Bonchev–Trinajstić information content (AvgIpc) is 2.86. The van der Waals surface area contributed by atoms with Gasteiger partial charge in [0.2, 0.25) is 5.54 Å². The van der Waals surface area contributed by atoms with Gasteiger partial charge in [0.1, 0.15) is 0 Å². The number of anilines is 1. The van der Waals surface area contributed by atoms with Crippen molar-refractivity contribution in [2.24, 2.45) is 0 Å². The van der Waals surface area contributed by atoms with Crippen LogP contribution in [0.15, 0.2) is 35.7 Å². The lowest BCUT2D eigenvalue weighted by molar-refractivity contribution is -0.556. The van der Waals surface area contributed by atoms with Gasteiger partial charge in [-0.05, 0) is 0 Å². The topological polar surface area (TPSA) is 68.1 Å². The molecule has 100 valence electrons. The first-order chi connectivity index (χ1) is 8.99. The van der Waals surface area contributed by atoms with Crippen molar-refractivity contribution in [1.29, 1.82) is 0 Å². The van der Waals surface area contributed by atoms with Gasteiger partial charge in [-0.1, -0.05) is 30.3 Å². The summed E-state index contributed by atoms with van der Waals surface area (Å²) in [7, 11) is 0. The molecule has 0 radical (unpaired) electrons. The molecule has 19 heavy (non-hydrogen) atoms. The molecule has 0 aliphatic rings. The zero-order valence-electron chi connectivity index (χ0n) is 10.8. The Kier molecular flexibility index (Phi) is 3.80. The quantitative estimate of drug-likeness (QED) is 0.672. The molecule has 6 heteroatoms. The van der Waals surface area contributed by atoms with Crippen molar-refractivity contribution in [1.82, 2.24) is 4.98 Å². The van der Waals surface area contributed by atoms with Crippen LogP contribution in [-0.4, -0.2) is 22.0 Å². The zero-order valence-corrected chi connectivity index (χ0v) is 11.6. The van der Waals surface area contributed by atoms with Gasteiger partial charge in [-0.15, -0.1) is 11.3 Å². The molecule has 2 aromatic rings. The van der Waals surface area contributed by atoms with Crippen molar-refractivity contribution in [2.75, 3.05) is 11.9 Å². The monoisotopic (exact) mass is 277 g/mol. The Morgan fingerprint density at radius 1 is 1.37 bits per heavy atom. The molecule has 2 rings (SSSR count). The summed E-state index contributed by atoms with van der Waals surface area (Å²) in [6, 6.07) is 9.84. The van der Waals surface area contributed by atoms with Crippen LogP contribution in [-0.2, 0) is 0 Å². The molecule has 0 saturated heterocycles. The van der Waals surface area contributed by atoms with Crippen LogP contribution < -0.4 is 5.32 Å². The first-order valence-corrected chi connectivity index (χ1v) is 6.76. The third-order valence-electron chi connectivity index (χ3n) is 2.74. The lowest BCUT2D eigenvalue weighted by Gasteiger charge is -2.15. The van der Waals surface area contributed by atoms with Gasteiger partial charge in [-0.25, -0.2) is 4.98 Å². The molecule has 1 aromatic carbocycles. The molecule has 1 heterocycles. The summed E-state index contributed by atoms with van der Waals surface area (Å²) < 4.78 is 0. The molecule has 0 spiro atoms. The Morgan fingerprint density at radius 2 is 2.05 bits per heavy atom. The normalized spacial score (nSPS) is 11.3. The second-order valence-corrected chi connectivity index (χ2v) is 5.69. The van der Waals surface area contributed by atoms with Gasteiger partial charge in [0.25, 0.3) is 0 Å². The van der Waals surface area contributed by atoms with E-state index in [2.05, 4.69) is 10.3 Å². The third-order valence-corrected chi connectivity index (χ3v) is 3.54. The molecule has 0 aliphatic carbocycles. The first kappa shape index (κ1) is 13.5. The summed E-state index contributed by atoms with van der Waals surface area (Å²) in [5.74, 6) is 0. The minimum absolute atomic E-state index is 0.252. The average molecular weight is 277 g/mol. The van der Waals surface area contributed by atoms with Crippen LogP contribution in [0.5, 0.6) is 0 Å². The Bertz CT molecular complexity index is 566. The third kappa shape index (κ3) is 3.29. The van der Waals surface area contributed by atoms with Crippen LogP contribution in [0.3, 0.4) is 0 Å². The van der Waals surface area contributed by atoms with E-state index in [1.165, 1.54) is 11.3 Å². The molecule has 1 aromatic heterocycles. The molecule has 5 nitrogen and oxygen atoms in total. The fraction of sp³-hybridized carbons (Fsp3) is 0.308. The highest BCUT2D eigenvalue weighted by atomic mass is 32.1. The first-order valence-electron chi connectivity index (χ1n) is 5.88. The van der Waals surface area contributed by atoms with Crippen LogP contribution in [0.1, 0.15) is 13.8 Å². The number of nitro groups is 1. The number of nitrogens with one attached hydrogen (secondary N) is 1. The van der Waals surface area contributed by atoms with E-state index < -0.39 is 5.54 Å². The summed E-state index contributed by atoms with van der Waals surface area (Å²) in [4.78, 5) is 15.0. The highest BCUT2D eigenvalue weighted by Gasteiger charge is 2.30. The summed E-state index contributed by atoms with van der Waals surface area (Å²) in [6.07, 6.45) is 0. The molecular weight excluding hydrogens is 262 g/mol. The van der Waals surface area contributed by atoms with Crippen LogP contribution in [0.4, 0.5) is 5.13 Å². The lowest BCUT2D eigenvalue weighted by atomic mass is 10.1. The molecule has 0 fully saturated rings. The number of hydrogen-bond donors (Lipinski definition) is 1. The Balaban J connectivity index is 2.05. The van der Waals surface area contributed by atoms with Crippen molar-refractivity contribution < 1.29 is 4.92 Å². The minimum Gasteiger partial charge on any atom is -0.354 e. The minimum atomic E-state index is -1.00. The van der Waals surface area contributed by atoms with Crippen LogP contribution >= 0.6 is 11.3 Å². The fourth-order valence-corrected chi connectivity index (χ4v) is 2.17. The summed E-state index contributed by atoms with van der Waals surface area (Å²) in [6.45, 7) is 3.43. The zero-order chi connectivity index (χ0) is 13.9. The van der Waals surface area contributed by atoms with Crippen molar-refractivity contribution in [3.8, 4) is 11.3 Å². The van der Waals surface area contributed by atoms with E-state index in [1.54, 1.807) is 13.8 Å². The SMILES string of the molecule is CC(C)(CNc1nc(-c2ccccc2)cs1)[N+](=O)[O-]. The number of rotatable bonds is 5. The maximum atomic E-state index is 10.8. The van der Waals surface area contributed by atoms with E-state index in [0.717, 1.165) is 11.3 Å².